The predicted octanol–water partition coefficient (Wildman–Crippen LogP) is 2.89. The summed E-state index contributed by atoms with van der Waals surface area (Å²) in [4.78, 5) is -0.225. The van der Waals surface area contributed by atoms with Crippen LogP contribution in [0.25, 0.3) is 0 Å². The number of ether oxygens (including phenoxy) is 1. The third-order valence-electron chi connectivity index (χ3n) is 2.77. The second-order valence-electron chi connectivity index (χ2n) is 4.71. The van der Waals surface area contributed by atoms with Gasteiger partial charge in [-0.3, -0.25) is 0 Å². The summed E-state index contributed by atoms with van der Waals surface area (Å²) in [6.45, 7) is 0. The average molecular weight is 452 g/mol. The van der Waals surface area contributed by atoms with Crippen molar-refractivity contribution in [3.63, 3.8) is 0 Å². The van der Waals surface area contributed by atoms with Crippen LogP contribution in [0.15, 0.2) is 52.3 Å². The maximum atomic E-state index is 11.9. The van der Waals surface area contributed by atoms with Crippen LogP contribution in [0.1, 0.15) is 0 Å². The maximum Gasteiger partial charge on any atom is 0.179 e. The second-order valence-corrected chi connectivity index (χ2v) is 9.96. The summed E-state index contributed by atoms with van der Waals surface area (Å²) in [5.74, 6) is 0.570. The van der Waals surface area contributed by atoms with E-state index in [1.54, 1.807) is 18.2 Å². The molecule has 0 unspecified atom stereocenters. The lowest BCUT2D eigenvalue weighted by atomic mass is 10.3. The van der Waals surface area contributed by atoms with Crippen molar-refractivity contribution in [2.24, 2.45) is 0 Å². The molecule has 0 saturated heterocycles. The molecule has 5 nitrogen and oxygen atoms in total. The first-order chi connectivity index (χ1) is 10.1. The number of sulfone groups is 2. The molecular weight excluding hydrogens is 439 g/mol. The van der Waals surface area contributed by atoms with Crippen LogP contribution in [0, 0.1) is 3.57 Å². The first kappa shape index (κ1) is 17.2. The molecule has 2 aromatic rings. The Morgan fingerprint density at radius 3 is 2.14 bits per heavy atom. The smallest absolute Gasteiger partial charge is 0.179 e. The molecule has 118 valence electrons. The van der Waals surface area contributed by atoms with Crippen molar-refractivity contribution in [2.75, 3.05) is 12.5 Å². The van der Waals surface area contributed by atoms with Crippen LogP contribution in [0.3, 0.4) is 0 Å². The van der Waals surface area contributed by atoms with Crippen molar-refractivity contribution >= 4 is 42.3 Å². The number of rotatable bonds is 4. The molecule has 0 spiro atoms. The van der Waals surface area contributed by atoms with Gasteiger partial charge in [0.2, 0.25) is 0 Å². The lowest BCUT2D eigenvalue weighted by molar-refractivity contribution is 0.466. The van der Waals surface area contributed by atoms with Crippen LogP contribution in [-0.4, -0.2) is 29.3 Å². The van der Waals surface area contributed by atoms with Gasteiger partial charge in [-0.05, 0) is 59.0 Å². The van der Waals surface area contributed by atoms with Gasteiger partial charge in [0.1, 0.15) is 16.4 Å². The van der Waals surface area contributed by atoms with Crippen LogP contribution in [0.5, 0.6) is 11.5 Å². The SMILES string of the molecule is CS(=O)(=O)c1ccc(Oc2cccc(I)c2)c(S(C)(=O)=O)c1. The third kappa shape index (κ3) is 4.20. The zero-order chi connectivity index (χ0) is 16.5. The van der Waals surface area contributed by atoms with Gasteiger partial charge in [-0.1, -0.05) is 6.07 Å². The number of halogens is 1. The predicted molar refractivity (Wildman–Crippen MR) is 91.9 cm³/mol. The maximum absolute atomic E-state index is 11.9. The normalized spacial score (nSPS) is 12.1. The van der Waals surface area contributed by atoms with E-state index >= 15 is 0 Å². The highest BCUT2D eigenvalue weighted by molar-refractivity contribution is 14.1. The van der Waals surface area contributed by atoms with Crippen LogP contribution >= 0.6 is 22.6 Å². The highest BCUT2D eigenvalue weighted by Crippen LogP contribution is 2.31. The minimum absolute atomic E-state index is 0.0667. The van der Waals surface area contributed by atoms with Crippen LogP contribution in [0.2, 0.25) is 0 Å². The van der Waals surface area contributed by atoms with Crippen LogP contribution in [-0.2, 0) is 19.7 Å². The topological polar surface area (TPSA) is 77.5 Å². The highest BCUT2D eigenvalue weighted by Gasteiger charge is 2.19. The van der Waals surface area contributed by atoms with E-state index in [2.05, 4.69) is 22.6 Å². The van der Waals surface area contributed by atoms with Gasteiger partial charge in [0.15, 0.2) is 19.7 Å². The summed E-state index contributed by atoms with van der Waals surface area (Å²) in [6, 6.07) is 10.9. The number of hydrogen-bond acceptors (Lipinski definition) is 5. The Hall–Kier alpha value is -1.13. The van der Waals surface area contributed by atoms with Crippen molar-refractivity contribution < 1.29 is 21.6 Å². The van der Waals surface area contributed by atoms with Crippen molar-refractivity contribution in [3.8, 4) is 11.5 Å². The Morgan fingerprint density at radius 2 is 1.59 bits per heavy atom. The molecule has 0 N–H and O–H groups in total. The number of benzene rings is 2. The van der Waals surface area contributed by atoms with E-state index in [0.717, 1.165) is 22.1 Å². The fraction of sp³-hybridized carbons (Fsp3) is 0.143. The zero-order valence-electron chi connectivity index (χ0n) is 11.8. The van der Waals surface area contributed by atoms with E-state index in [9.17, 15) is 16.8 Å². The van der Waals surface area contributed by atoms with E-state index in [0.29, 0.717) is 5.75 Å². The monoisotopic (exact) mass is 452 g/mol. The Bertz CT molecular complexity index is 918. The minimum Gasteiger partial charge on any atom is -0.456 e. The summed E-state index contributed by atoms with van der Waals surface area (Å²) in [5.41, 5.74) is 0. The van der Waals surface area contributed by atoms with Gasteiger partial charge in [-0.25, -0.2) is 16.8 Å². The average Bonchev–Trinajstić information content (AvgIpc) is 2.36. The summed E-state index contributed by atoms with van der Waals surface area (Å²) in [6.07, 6.45) is 2.03. The molecule has 0 radical (unpaired) electrons. The van der Waals surface area contributed by atoms with Gasteiger partial charge in [0, 0.05) is 16.1 Å². The van der Waals surface area contributed by atoms with Crippen molar-refractivity contribution in [2.45, 2.75) is 9.79 Å². The summed E-state index contributed by atoms with van der Waals surface area (Å²) in [7, 11) is -7.14. The van der Waals surface area contributed by atoms with E-state index in [1.807, 2.05) is 6.07 Å². The third-order valence-corrected chi connectivity index (χ3v) is 5.67. The van der Waals surface area contributed by atoms with Crippen molar-refractivity contribution in [1.82, 2.24) is 0 Å². The molecule has 0 amide bonds. The Labute approximate surface area is 143 Å². The van der Waals surface area contributed by atoms with Crippen LogP contribution < -0.4 is 4.74 Å². The summed E-state index contributed by atoms with van der Waals surface area (Å²) >= 11 is 2.11. The second kappa shape index (κ2) is 6.17. The minimum atomic E-state index is -3.64. The highest BCUT2D eigenvalue weighted by atomic mass is 127. The van der Waals surface area contributed by atoms with Crippen molar-refractivity contribution in [1.29, 1.82) is 0 Å². The fourth-order valence-electron chi connectivity index (χ4n) is 1.75. The molecular formula is C14H13IO5S2. The van der Waals surface area contributed by atoms with Gasteiger partial charge in [0.05, 0.1) is 4.90 Å². The largest absolute Gasteiger partial charge is 0.456 e. The van der Waals surface area contributed by atoms with E-state index in [4.69, 9.17) is 4.74 Å². The molecule has 22 heavy (non-hydrogen) atoms. The first-order valence-corrected chi connectivity index (χ1v) is 10.9. The molecule has 0 aliphatic carbocycles. The zero-order valence-corrected chi connectivity index (χ0v) is 15.6. The lowest BCUT2D eigenvalue weighted by Gasteiger charge is -2.11. The van der Waals surface area contributed by atoms with E-state index in [-0.39, 0.29) is 15.5 Å². The molecule has 0 atom stereocenters. The summed E-state index contributed by atoms with van der Waals surface area (Å²) < 4.78 is 53.5. The van der Waals surface area contributed by atoms with Gasteiger partial charge < -0.3 is 4.74 Å². The Morgan fingerprint density at radius 1 is 0.909 bits per heavy atom. The molecule has 0 aromatic heterocycles. The van der Waals surface area contributed by atoms with Gasteiger partial charge in [0.25, 0.3) is 0 Å². The molecule has 0 fully saturated rings. The van der Waals surface area contributed by atoms with Gasteiger partial charge in [-0.15, -0.1) is 0 Å². The quantitative estimate of drug-likeness (QED) is 0.667. The molecule has 0 aliphatic heterocycles. The van der Waals surface area contributed by atoms with E-state index in [1.165, 1.54) is 12.1 Å². The van der Waals surface area contributed by atoms with Crippen molar-refractivity contribution in [3.05, 3.63) is 46.0 Å². The molecule has 8 heteroatoms. The van der Waals surface area contributed by atoms with Crippen LogP contribution in [0.4, 0.5) is 0 Å². The Balaban J connectivity index is 2.57. The molecule has 0 saturated carbocycles. The molecule has 0 aliphatic rings. The lowest BCUT2D eigenvalue weighted by Crippen LogP contribution is -2.04. The Kier molecular flexibility index (Phi) is 4.83. The van der Waals surface area contributed by atoms with Gasteiger partial charge >= 0.3 is 0 Å². The molecule has 0 bridgehead atoms. The molecule has 2 aromatic carbocycles. The number of hydrogen-bond donors (Lipinski definition) is 0. The van der Waals surface area contributed by atoms with E-state index < -0.39 is 19.7 Å². The summed E-state index contributed by atoms with van der Waals surface area (Å²) in [5, 5.41) is 0. The first-order valence-electron chi connectivity index (χ1n) is 6.05. The molecule has 0 heterocycles. The standard InChI is InChI=1S/C14H13IO5S2/c1-21(16,17)12-6-7-13(14(9-12)22(2,18)19)20-11-5-3-4-10(15)8-11/h3-9H,1-2H3. The molecule has 2 rings (SSSR count). The fourth-order valence-corrected chi connectivity index (χ4v) is 3.80. The van der Waals surface area contributed by atoms with Gasteiger partial charge in [-0.2, -0.15) is 0 Å².